The van der Waals surface area contributed by atoms with E-state index in [2.05, 4.69) is 4.98 Å². The predicted octanol–water partition coefficient (Wildman–Crippen LogP) is 4.16. The minimum Gasteiger partial charge on any atom is -0.384 e. The van der Waals surface area contributed by atoms with Gasteiger partial charge in [0.05, 0.1) is 10.7 Å². The van der Waals surface area contributed by atoms with Crippen LogP contribution in [0.1, 0.15) is 21.6 Å². The number of nitrogens with two attached hydrogens (primary N) is 1. The number of nitrogens with one attached hydrogen (secondary N) is 1. The second-order valence-electron chi connectivity index (χ2n) is 5.07. The van der Waals surface area contributed by atoms with E-state index < -0.39 is 11.6 Å². The Morgan fingerprint density at radius 3 is 2.46 bits per heavy atom. The molecule has 3 rings (SSSR count). The topological polar surface area (TPSA) is 82.7 Å². The molecule has 3 N–H and O–H groups in total. The smallest absolute Gasteiger partial charge is 0.209 e. The molecule has 0 atom stereocenters. The molecule has 2 aromatic carbocycles. The minimum absolute atomic E-state index is 0.00824. The van der Waals surface area contributed by atoms with Crippen molar-refractivity contribution in [3.05, 3.63) is 76.2 Å². The van der Waals surface area contributed by atoms with Gasteiger partial charge in [0, 0.05) is 16.7 Å². The number of ketones is 1. The average molecular weight is 340 g/mol. The third-order valence-corrected chi connectivity index (χ3v) is 3.93. The highest BCUT2D eigenvalue weighted by Crippen LogP contribution is 2.38. The number of carbonyl (C=O) groups excluding carboxylic acids is 1. The summed E-state index contributed by atoms with van der Waals surface area (Å²) in [5.74, 6) is -1.05. The quantitative estimate of drug-likeness (QED) is 0.703. The Labute approximate surface area is 142 Å². The van der Waals surface area contributed by atoms with Crippen LogP contribution in [0.25, 0.3) is 11.1 Å². The zero-order valence-electron chi connectivity index (χ0n) is 12.3. The Kier molecular flexibility index (Phi) is 4.07. The number of hydrogen-bond donors (Lipinski definition) is 2. The van der Waals surface area contributed by atoms with Crippen LogP contribution >= 0.6 is 11.6 Å². The maximum atomic E-state index is 14.3. The first kappa shape index (κ1) is 15.8. The molecule has 0 fully saturated rings. The Morgan fingerprint density at radius 2 is 1.83 bits per heavy atom. The van der Waals surface area contributed by atoms with Gasteiger partial charge in [0.1, 0.15) is 23.3 Å². The Bertz CT molecular complexity index is 954. The summed E-state index contributed by atoms with van der Waals surface area (Å²) >= 11 is 6.11. The van der Waals surface area contributed by atoms with Crippen LogP contribution in [0.5, 0.6) is 0 Å². The first-order valence-corrected chi connectivity index (χ1v) is 7.38. The molecule has 0 bridgehead atoms. The maximum Gasteiger partial charge on any atom is 0.209 e. The fraction of sp³-hybridized carbons (Fsp3) is 0. The Hall–Kier alpha value is -3.10. The number of H-pyrrole nitrogens is 1. The molecule has 0 saturated carbocycles. The highest BCUT2D eigenvalue weighted by molar-refractivity contribution is 6.34. The lowest BCUT2D eigenvalue weighted by Crippen LogP contribution is -2.04. The van der Waals surface area contributed by atoms with Gasteiger partial charge in [-0.25, -0.2) is 4.39 Å². The van der Waals surface area contributed by atoms with Gasteiger partial charge < -0.3 is 10.7 Å². The van der Waals surface area contributed by atoms with Crippen molar-refractivity contribution in [2.45, 2.75) is 0 Å². The first-order chi connectivity index (χ1) is 11.5. The van der Waals surface area contributed by atoms with Crippen LogP contribution in [-0.2, 0) is 0 Å². The van der Waals surface area contributed by atoms with Crippen LogP contribution in [0.15, 0.2) is 48.5 Å². The van der Waals surface area contributed by atoms with Crippen molar-refractivity contribution in [2.24, 2.45) is 0 Å². The molecule has 0 aliphatic heterocycles. The highest BCUT2D eigenvalue weighted by atomic mass is 35.5. The van der Waals surface area contributed by atoms with E-state index >= 15 is 0 Å². The van der Waals surface area contributed by atoms with Gasteiger partial charge in [-0.15, -0.1) is 0 Å². The summed E-state index contributed by atoms with van der Waals surface area (Å²) in [6.45, 7) is 0. The van der Waals surface area contributed by atoms with Gasteiger partial charge >= 0.3 is 0 Å². The van der Waals surface area contributed by atoms with E-state index in [1.165, 1.54) is 18.2 Å². The molecule has 0 radical (unpaired) electrons. The fourth-order valence-electron chi connectivity index (χ4n) is 2.53. The van der Waals surface area contributed by atoms with E-state index in [4.69, 9.17) is 17.3 Å². The van der Waals surface area contributed by atoms with Crippen molar-refractivity contribution in [3.8, 4) is 17.2 Å². The summed E-state index contributed by atoms with van der Waals surface area (Å²) in [5, 5.41) is 9.47. The maximum absolute atomic E-state index is 14.3. The number of rotatable bonds is 3. The lowest BCUT2D eigenvalue weighted by atomic mass is 9.97. The Morgan fingerprint density at radius 1 is 1.12 bits per heavy atom. The summed E-state index contributed by atoms with van der Waals surface area (Å²) in [5.41, 5.74) is 6.26. The lowest BCUT2D eigenvalue weighted by Gasteiger charge is -2.08. The van der Waals surface area contributed by atoms with Crippen LogP contribution in [0.4, 0.5) is 10.2 Å². The number of anilines is 1. The van der Waals surface area contributed by atoms with Crippen molar-refractivity contribution < 1.29 is 9.18 Å². The van der Waals surface area contributed by atoms with Crippen LogP contribution in [-0.4, -0.2) is 10.8 Å². The van der Waals surface area contributed by atoms with Crippen LogP contribution < -0.4 is 5.73 Å². The molecule has 0 amide bonds. The van der Waals surface area contributed by atoms with Crippen molar-refractivity contribution in [2.75, 3.05) is 5.73 Å². The second-order valence-corrected chi connectivity index (χ2v) is 5.47. The molecule has 3 aromatic rings. The number of hydrogen-bond acceptors (Lipinski definition) is 3. The standard InChI is InChI=1S/C18H11ClFN3O/c19-12-7-4-8-13(20)15(12)14-11(9-21)18(22)23-16(14)17(24)10-5-2-1-3-6-10/h1-8,23H,22H2. The van der Waals surface area contributed by atoms with E-state index in [0.29, 0.717) is 5.56 Å². The molecule has 0 aliphatic rings. The fourth-order valence-corrected chi connectivity index (χ4v) is 2.78. The lowest BCUT2D eigenvalue weighted by molar-refractivity contribution is 0.103. The summed E-state index contributed by atoms with van der Waals surface area (Å²) in [4.78, 5) is 15.5. The summed E-state index contributed by atoms with van der Waals surface area (Å²) in [7, 11) is 0. The van der Waals surface area contributed by atoms with Gasteiger partial charge in [0.25, 0.3) is 0 Å². The monoisotopic (exact) mass is 339 g/mol. The van der Waals surface area contributed by atoms with Gasteiger partial charge in [-0.05, 0) is 12.1 Å². The van der Waals surface area contributed by atoms with Crippen LogP contribution in [0.3, 0.4) is 0 Å². The van der Waals surface area contributed by atoms with E-state index in [-0.39, 0.29) is 33.2 Å². The molecule has 118 valence electrons. The third-order valence-electron chi connectivity index (χ3n) is 3.62. The van der Waals surface area contributed by atoms with Gasteiger partial charge in [-0.1, -0.05) is 48.0 Å². The Balaban J connectivity index is 2.31. The normalized spacial score (nSPS) is 10.4. The third kappa shape index (κ3) is 2.53. The number of halogens is 2. The number of aromatic nitrogens is 1. The molecule has 0 saturated heterocycles. The molecule has 4 nitrogen and oxygen atoms in total. The number of nitriles is 1. The number of nitrogen functional groups attached to an aromatic ring is 1. The van der Waals surface area contributed by atoms with Crippen molar-refractivity contribution in [3.63, 3.8) is 0 Å². The highest BCUT2D eigenvalue weighted by Gasteiger charge is 2.26. The predicted molar refractivity (Wildman–Crippen MR) is 90.2 cm³/mol. The largest absolute Gasteiger partial charge is 0.384 e. The number of nitrogens with zero attached hydrogens (tertiary/aromatic N) is 1. The number of benzene rings is 2. The second kappa shape index (κ2) is 6.19. The average Bonchev–Trinajstić information content (AvgIpc) is 2.91. The van der Waals surface area contributed by atoms with E-state index in [0.717, 1.165) is 0 Å². The first-order valence-electron chi connectivity index (χ1n) is 7.00. The van der Waals surface area contributed by atoms with Crippen LogP contribution in [0.2, 0.25) is 5.02 Å². The molecular weight excluding hydrogens is 329 g/mol. The van der Waals surface area contributed by atoms with E-state index in [1.807, 2.05) is 6.07 Å². The van der Waals surface area contributed by atoms with Crippen molar-refractivity contribution in [1.82, 2.24) is 4.98 Å². The van der Waals surface area contributed by atoms with Crippen LogP contribution in [0, 0.1) is 17.1 Å². The van der Waals surface area contributed by atoms with Gasteiger partial charge in [0.15, 0.2) is 0 Å². The SMILES string of the molecule is N#Cc1c(N)[nH]c(C(=O)c2ccccc2)c1-c1c(F)cccc1Cl. The summed E-state index contributed by atoms with van der Waals surface area (Å²) < 4.78 is 14.3. The zero-order valence-corrected chi connectivity index (χ0v) is 13.1. The number of aromatic amines is 1. The molecule has 0 aliphatic carbocycles. The van der Waals surface area contributed by atoms with Gasteiger partial charge in [-0.2, -0.15) is 5.26 Å². The summed E-state index contributed by atoms with van der Waals surface area (Å²) in [6.07, 6.45) is 0. The van der Waals surface area contributed by atoms with Gasteiger partial charge in [-0.3, -0.25) is 4.79 Å². The van der Waals surface area contributed by atoms with E-state index in [1.54, 1.807) is 30.3 Å². The molecule has 1 heterocycles. The minimum atomic E-state index is -0.639. The molecular formula is C18H11ClFN3O. The van der Waals surface area contributed by atoms with E-state index in [9.17, 15) is 14.4 Å². The molecule has 0 spiro atoms. The van der Waals surface area contributed by atoms with Crippen molar-refractivity contribution in [1.29, 1.82) is 5.26 Å². The number of carbonyl (C=O) groups is 1. The summed E-state index contributed by atoms with van der Waals surface area (Å²) in [6, 6.07) is 14.5. The zero-order chi connectivity index (χ0) is 17.3. The molecule has 24 heavy (non-hydrogen) atoms. The van der Waals surface area contributed by atoms with Gasteiger partial charge in [0.2, 0.25) is 5.78 Å². The van der Waals surface area contributed by atoms with Crippen molar-refractivity contribution >= 4 is 23.2 Å². The molecule has 1 aromatic heterocycles. The molecule has 0 unspecified atom stereocenters. The molecule has 6 heteroatoms.